The van der Waals surface area contributed by atoms with Crippen molar-refractivity contribution in [1.29, 1.82) is 0 Å². The van der Waals surface area contributed by atoms with Crippen LogP contribution in [0.2, 0.25) is 0 Å². The topological polar surface area (TPSA) is 12.0 Å². The lowest BCUT2D eigenvalue weighted by Crippen LogP contribution is -2.19. The summed E-state index contributed by atoms with van der Waals surface area (Å²) in [5, 5.41) is 3.48. The fraction of sp³-hybridized carbons (Fsp3) is 0.333. The zero-order chi connectivity index (χ0) is 14.5. The predicted molar refractivity (Wildman–Crippen MR) is 83.3 cm³/mol. The Morgan fingerprint density at radius 1 is 1.15 bits per heavy atom. The summed E-state index contributed by atoms with van der Waals surface area (Å²) in [4.78, 5) is 0. The Bertz CT molecular complexity index is 577. The third kappa shape index (κ3) is 3.26. The molecule has 1 N–H and O–H groups in total. The van der Waals surface area contributed by atoms with Gasteiger partial charge < -0.3 is 5.32 Å². The Morgan fingerprint density at radius 2 is 1.90 bits per heavy atom. The van der Waals surface area contributed by atoms with Gasteiger partial charge in [0.05, 0.1) is 0 Å². The molecule has 1 unspecified atom stereocenters. The molecule has 2 rings (SSSR count). The average Bonchev–Trinajstić information content (AvgIpc) is 2.47. The Balaban J connectivity index is 2.32. The van der Waals surface area contributed by atoms with E-state index in [9.17, 15) is 4.39 Å². The first-order valence-corrected chi connectivity index (χ1v) is 7.22. The van der Waals surface area contributed by atoms with Gasteiger partial charge >= 0.3 is 0 Å². The molecular weight excluding hydrogens is 249 g/mol. The molecule has 0 saturated carbocycles. The second-order valence-electron chi connectivity index (χ2n) is 5.21. The third-order valence-corrected chi connectivity index (χ3v) is 3.67. The fourth-order valence-corrected chi connectivity index (χ4v) is 2.37. The van der Waals surface area contributed by atoms with Gasteiger partial charge in [-0.3, -0.25) is 0 Å². The molecule has 20 heavy (non-hydrogen) atoms. The van der Waals surface area contributed by atoms with E-state index < -0.39 is 0 Å². The zero-order valence-electron chi connectivity index (χ0n) is 12.4. The van der Waals surface area contributed by atoms with E-state index in [4.69, 9.17) is 0 Å². The average molecular weight is 271 g/mol. The maximum Gasteiger partial charge on any atom is 0.126 e. The van der Waals surface area contributed by atoms with Crippen LogP contribution in [0.15, 0.2) is 42.5 Å². The Hall–Kier alpha value is -1.67. The monoisotopic (exact) mass is 271 g/mol. The van der Waals surface area contributed by atoms with E-state index in [0.29, 0.717) is 11.6 Å². The van der Waals surface area contributed by atoms with Gasteiger partial charge in [-0.15, -0.1) is 0 Å². The minimum Gasteiger partial charge on any atom is -0.310 e. The molecule has 0 radical (unpaired) electrons. The molecule has 2 heteroatoms. The molecule has 0 aliphatic heterocycles. The van der Waals surface area contributed by atoms with Crippen LogP contribution < -0.4 is 5.32 Å². The molecule has 1 nitrogen and oxygen atoms in total. The van der Waals surface area contributed by atoms with Gasteiger partial charge in [0.1, 0.15) is 5.82 Å². The van der Waals surface area contributed by atoms with Crippen LogP contribution in [0.3, 0.4) is 0 Å². The van der Waals surface area contributed by atoms with Crippen molar-refractivity contribution in [3.8, 4) is 11.1 Å². The van der Waals surface area contributed by atoms with Gasteiger partial charge in [-0.25, -0.2) is 4.39 Å². The van der Waals surface area contributed by atoms with Crippen molar-refractivity contribution >= 4 is 0 Å². The molecule has 0 aliphatic rings. The third-order valence-electron chi connectivity index (χ3n) is 3.67. The SMILES string of the molecule is CCCNC(C)c1cccc(-c2cccc(F)c2C)c1. The van der Waals surface area contributed by atoms with E-state index in [1.165, 1.54) is 11.6 Å². The van der Waals surface area contributed by atoms with Crippen LogP contribution in [0, 0.1) is 12.7 Å². The van der Waals surface area contributed by atoms with Gasteiger partial charge in [0.2, 0.25) is 0 Å². The van der Waals surface area contributed by atoms with E-state index >= 15 is 0 Å². The van der Waals surface area contributed by atoms with Crippen molar-refractivity contribution in [2.45, 2.75) is 33.2 Å². The summed E-state index contributed by atoms with van der Waals surface area (Å²) in [6.07, 6.45) is 1.12. The molecule has 0 aromatic heterocycles. The van der Waals surface area contributed by atoms with E-state index in [2.05, 4.69) is 31.3 Å². The van der Waals surface area contributed by atoms with Crippen molar-refractivity contribution in [2.75, 3.05) is 6.54 Å². The van der Waals surface area contributed by atoms with Crippen LogP contribution in [0.5, 0.6) is 0 Å². The van der Waals surface area contributed by atoms with E-state index in [0.717, 1.165) is 24.1 Å². The van der Waals surface area contributed by atoms with E-state index in [1.54, 1.807) is 6.07 Å². The predicted octanol–water partition coefficient (Wildman–Crippen LogP) is 4.86. The van der Waals surface area contributed by atoms with Gasteiger partial charge in [0.15, 0.2) is 0 Å². The summed E-state index contributed by atoms with van der Waals surface area (Å²) >= 11 is 0. The molecule has 0 spiro atoms. The number of benzene rings is 2. The molecule has 2 aromatic carbocycles. The molecular formula is C18H22FN. The Morgan fingerprint density at radius 3 is 2.65 bits per heavy atom. The van der Waals surface area contributed by atoms with Gasteiger partial charge in [-0.2, -0.15) is 0 Å². The number of rotatable bonds is 5. The summed E-state index contributed by atoms with van der Waals surface area (Å²) in [5.41, 5.74) is 3.98. The lowest BCUT2D eigenvalue weighted by atomic mass is 9.97. The number of halogens is 1. The number of hydrogen-bond acceptors (Lipinski definition) is 1. The highest BCUT2D eigenvalue weighted by Gasteiger charge is 2.09. The summed E-state index contributed by atoms with van der Waals surface area (Å²) in [7, 11) is 0. The maximum absolute atomic E-state index is 13.7. The molecule has 0 bridgehead atoms. The molecule has 0 fully saturated rings. The van der Waals surface area contributed by atoms with Crippen molar-refractivity contribution in [1.82, 2.24) is 5.32 Å². The molecule has 106 valence electrons. The minimum absolute atomic E-state index is 0.148. The Kier molecular flexibility index (Phi) is 4.91. The molecule has 1 atom stereocenters. The molecule has 2 aromatic rings. The number of nitrogens with one attached hydrogen (secondary N) is 1. The highest BCUT2D eigenvalue weighted by atomic mass is 19.1. The van der Waals surface area contributed by atoms with Crippen LogP contribution in [-0.4, -0.2) is 6.54 Å². The van der Waals surface area contributed by atoms with E-state index in [-0.39, 0.29) is 5.82 Å². The van der Waals surface area contributed by atoms with Crippen LogP contribution >= 0.6 is 0 Å². The largest absolute Gasteiger partial charge is 0.310 e. The van der Waals surface area contributed by atoms with Crippen LogP contribution in [0.25, 0.3) is 11.1 Å². The fourth-order valence-electron chi connectivity index (χ4n) is 2.37. The first kappa shape index (κ1) is 14.7. The normalized spacial score (nSPS) is 12.4. The molecule has 0 aliphatic carbocycles. The van der Waals surface area contributed by atoms with Crippen LogP contribution in [-0.2, 0) is 0 Å². The standard InChI is InChI=1S/C18H22FN/c1-4-11-20-14(3)15-7-5-8-16(12-15)17-9-6-10-18(19)13(17)2/h5-10,12,14,20H,4,11H2,1-3H3. The Labute approximate surface area is 120 Å². The number of hydrogen-bond donors (Lipinski definition) is 1. The summed E-state index contributed by atoms with van der Waals surface area (Å²) in [6, 6.07) is 13.9. The second-order valence-corrected chi connectivity index (χ2v) is 5.21. The van der Waals surface area contributed by atoms with Crippen molar-refractivity contribution in [3.05, 3.63) is 59.4 Å². The van der Waals surface area contributed by atoms with Gasteiger partial charge in [0.25, 0.3) is 0 Å². The van der Waals surface area contributed by atoms with Crippen LogP contribution in [0.4, 0.5) is 4.39 Å². The first-order valence-electron chi connectivity index (χ1n) is 7.22. The highest BCUT2D eigenvalue weighted by molar-refractivity contribution is 5.68. The van der Waals surface area contributed by atoms with Gasteiger partial charge in [-0.05, 0) is 61.2 Å². The first-order chi connectivity index (χ1) is 9.63. The summed E-state index contributed by atoms with van der Waals surface area (Å²) in [5.74, 6) is -0.148. The second kappa shape index (κ2) is 6.67. The minimum atomic E-state index is -0.148. The lowest BCUT2D eigenvalue weighted by molar-refractivity contribution is 0.571. The van der Waals surface area contributed by atoms with Crippen LogP contribution in [0.1, 0.15) is 37.4 Å². The van der Waals surface area contributed by atoms with E-state index in [1.807, 2.05) is 25.1 Å². The maximum atomic E-state index is 13.7. The zero-order valence-corrected chi connectivity index (χ0v) is 12.4. The van der Waals surface area contributed by atoms with Gasteiger partial charge in [-0.1, -0.05) is 37.3 Å². The highest BCUT2D eigenvalue weighted by Crippen LogP contribution is 2.27. The van der Waals surface area contributed by atoms with Crippen molar-refractivity contribution in [2.24, 2.45) is 0 Å². The van der Waals surface area contributed by atoms with Crippen molar-refractivity contribution in [3.63, 3.8) is 0 Å². The smallest absolute Gasteiger partial charge is 0.126 e. The molecule has 0 saturated heterocycles. The lowest BCUT2D eigenvalue weighted by Gasteiger charge is -2.15. The van der Waals surface area contributed by atoms with Gasteiger partial charge in [0, 0.05) is 6.04 Å². The quantitative estimate of drug-likeness (QED) is 0.818. The van der Waals surface area contributed by atoms with Crippen molar-refractivity contribution < 1.29 is 4.39 Å². The molecule has 0 amide bonds. The summed E-state index contributed by atoms with van der Waals surface area (Å²) < 4.78 is 13.7. The molecule has 0 heterocycles. The summed E-state index contributed by atoms with van der Waals surface area (Å²) in [6.45, 7) is 7.15.